The minimum Gasteiger partial charge on any atom is -0.759 e. The number of ether oxygens (including phenoxy) is 2. The summed E-state index contributed by atoms with van der Waals surface area (Å²) >= 11 is 0. The summed E-state index contributed by atoms with van der Waals surface area (Å²) in [4.78, 5) is 61.4. The molecule has 65 heavy (non-hydrogen) atoms. The standard InChI is InChI=1S/C11H20N4O4.C11H22N2O4.C3H3N5O2S.CH2O3.CH3.ClH.Na.H2O4S.5H2O.U/c1-11(2,3)19-10(18)14-8(9(16)17)6-4-5-7-13-15-12;1-11(2,3)17-10(16)13-8(9(14)15)6-4-5-7-12;4-6-7-11(9,10)8-2-1-5-3-8;2-1(3)4;;;;1-5(2,3)4;;;;;;/h8H,4-7H2,1-3H3,(H,14,18)(H,16,17);8H,4-7,12H2,1-3H3,(H,13,16)(H,14,15);1-3H;(H2,2,3,4);1H3;1H;;(H2,1,2,3,4);5*1H2;/q;;;;-1;;+1;;;;;;;+3/p-3/t2*8-;;;;;;;;;;;;/m00............/s1. The average Bonchev–Trinajstić information content (AvgIpc) is 3.54. The van der Waals surface area contributed by atoms with Crippen LogP contribution in [0, 0.1) is 38.5 Å². The maximum Gasteiger partial charge on any atom is 3.00 e. The van der Waals surface area contributed by atoms with Gasteiger partial charge in [-0.05, 0) is 91.3 Å². The van der Waals surface area contributed by atoms with Crippen LogP contribution in [0.5, 0.6) is 0 Å². The molecule has 0 aliphatic carbocycles. The Morgan fingerprint density at radius 3 is 1.38 bits per heavy atom. The van der Waals surface area contributed by atoms with Gasteiger partial charge in [0, 0.05) is 39.2 Å². The fourth-order valence-corrected chi connectivity index (χ4v) is 3.51. The van der Waals surface area contributed by atoms with Crippen LogP contribution in [-0.4, -0.2) is 144 Å². The summed E-state index contributed by atoms with van der Waals surface area (Å²) in [7, 11) is -9.07. The van der Waals surface area contributed by atoms with Gasteiger partial charge in [-0.1, -0.05) is 11.5 Å². The number of unbranched alkanes of at least 4 members (excludes halogenated alkanes) is 2. The smallest absolute Gasteiger partial charge is 0.759 e. The predicted molar refractivity (Wildman–Crippen MR) is 218 cm³/mol. The predicted octanol–water partition coefficient (Wildman–Crippen LogP) is -4.87. The number of aromatic nitrogens is 2. The summed E-state index contributed by atoms with van der Waals surface area (Å²) in [6.07, 6.45) is 3.03. The Bertz CT molecular complexity index is 1670. The van der Waals surface area contributed by atoms with E-state index in [-0.39, 0.29) is 114 Å². The van der Waals surface area contributed by atoms with Crippen molar-refractivity contribution in [2.24, 2.45) is 15.4 Å². The van der Waals surface area contributed by atoms with Crippen molar-refractivity contribution >= 4 is 63.3 Å². The van der Waals surface area contributed by atoms with Gasteiger partial charge in [0.25, 0.3) is 0 Å². The van der Waals surface area contributed by atoms with Crippen molar-refractivity contribution in [1.82, 2.24) is 19.6 Å². The number of carbonyl (C=O) groups is 5. The van der Waals surface area contributed by atoms with Gasteiger partial charge in [-0.2, -0.15) is 8.42 Å². The van der Waals surface area contributed by atoms with Crippen LogP contribution in [0.15, 0.2) is 28.4 Å². The van der Waals surface area contributed by atoms with Gasteiger partial charge in [0.2, 0.25) is 6.16 Å². The first kappa shape index (κ1) is 95.7. The molecule has 33 nitrogen and oxygen atoms in total. The van der Waals surface area contributed by atoms with Crippen LogP contribution in [0.25, 0.3) is 20.9 Å². The summed E-state index contributed by atoms with van der Waals surface area (Å²) in [6.45, 7) is 11.1. The Balaban J connectivity index is -0.0000000494. The normalized spacial score (nSPS) is 9.98. The van der Waals surface area contributed by atoms with Crippen molar-refractivity contribution in [2.45, 2.75) is 103 Å². The van der Waals surface area contributed by atoms with Crippen LogP contribution in [0.1, 0.15) is 80.1 Å². The maximum atomic E-state index is 11.4. The van der Waals surface area contributed by atoms with Crippen molar-refractivity contribution in [3.8, 4) is 0 Å². The molecular formula is C27H60ClN11NaO22S2U. The summed E-state index contributed by atoms with van der Waals surface area (Å²) < 4.78 is 68.9. The Morgan fingerprint density at radius 1 is 0.800 bits per heavy atom. The summed E-state index contributed by atoms with van der Waals surface area (Å²) in [5.41, 5.74) is 19.9. The molecule has 1 aromatic heterocycles. The Kier molecular flexibility index (Phi) is 75.8. The third-order valence-electron chi connectivity index (χ3n) is 4.88. The number of imidazole rings is 1. The fraction of sp³-hybridized carbons (Fsp3) is 0.667. The average molecular weight is 1250 g/mol. The number of hydrogen-bond donors (Lipinski definition) is 6. The zero-order valence-corrected chi connectivity index (χ0v) is 45.1. The molecule has 0 saturated carbocycles. The number of nitrogens with two attached hydrogens (primary N) is 1. The zero-order valence-electron chi connectivity index (χ0n) is 36.5. The number of nitrogens with zero attached hydrogens (tertiary/aromatic N) is 8. The van der Waals surface area contributed by atoms with Gasteiger partial charge in [-0.25, -0.2) is 28.1 Å². The molecule has 0 unspecified atom stereocenters. The van der Waals surface area contributed by atoms with Gasteiger partial charge < -0.3 is 95.0 Å². The molecule has 0 aliphatic rings. The number of halogens is 1. The molecule has 2 atom stereocenters. The van der Waals surface area contributed by atoms with E-state index in [1.807, 2.05) is 0 Å². The number of carbonyl (C=O) groups excluding carboxylic acids is 2. The SMILES string of the molecule is CC(C)(C)OC(=O)N[C@@H](CCCCN)C(=O)O.CC(C)(C)OC(=O)N[C@@H](CCCCN=[N+]=[N-])C(=O)O.Cl.O.O.O.O.O.O=C([O-])O.O=S(=O)([O-])[O-].[CH3-].[N-]=[N+]=NS(=O)(=O)n1ccnc1.[Na+].[U+3]. The molecular weight excluding hydrogens is 1190 g/mol. The van der Waals surface area contributed by atoms with Crippen LogP contribution in [-0.2, 0) is 39.7 Å². The maximum absolute atomic E-state index is 11.4. The van der Waals surface area contributed by atoms with Crippen molar-refractivity contribution in [3.63, 3.8) is 0 Å². The van der Waals surface area contributed by atoms with Crippen LogP contribution in [0.3, 0.4) is 0 Å². The molecule has 1 rings (SSSR count). The molecule has 2 amide bonds. The van der Waals surface area contributed by atoms with Crippen LogP contribution >= 0.6 is 12.4 Å². The van der Waals surface area contributed by atoms with Gasteiger partial charge in [0.15, 0.2) is 0 Å². The molecule has 0 fully saturated rings. The minimum absolute atomic E-state index is 0. The molecule has 0 aromatic carbocycles. The number of carboxylic acid groups (broad SMARTS) is 4. The number of alkyl carbamates (subject to hydrolysis) is 2. The first-order chi connectivity index (χ1) is 25.4. The van der Waals surface area contributed by atoms with E-state index < -0.39 is 74.2 Å². The number of amides is 2. The largest absolute Gasteiger partial charge is 3.00 e. The van der Waals surface area contributed by atoms with E-state index in [9.17, 15) is 27.6 Å². The van der Waals surface area contributed by atoms with Crippen LogP contribution in [0.2, 0.25) is 0 Å². The summed E-state index contributed by atoms with van der Waals surface area (Å²) in [6, 6.07) is -1.92. The molecule has 1 heterocycles. The van der Waals surface area contributed by atoms with Gasteiger partial charge in [-0.3, -0.25) is 8.42 Å². The molecule has 1 aromatic rings. The third kappa shape index (κ3) is 78.1. The van der Waals surface area contributed by atoms with Crippen molar-refractivity contribution in [3.05, 3.63) is 47.0 Å². The van der Waals surface area contributed by atoms with E-state index in [1.54, 1.807) is 41.5 Å². The van der Waals surface area contributed by atoms with Crippen LogP contribution < -0.4 is 51.0 Å². The molecule has 38 heteroatoms. The second kappa shape index (κ2) is 51.5. The molecule has 1 radical (unpaired) electrons. The molecule has 17 N–H and O–H groups in total. The molecule has 0 spiro atoms. The zero-order chi connectivity index (χ0) is 44.8. The van der Waals surface area contributed by atoms with E-state index in [0.29, 0.717) is 42.7 Å². The minimum atomic E-state index is -5.17. The Hall–Kier alpha value is -3.50. The van der Waals surface area contributed by atoms with Gasteiger partial charge in [0.1, 0.15) is 29.6 Å². The third-order valence-corrected chi connectivity index (χ3v) is 5.90. The number of hydrogen-bond acceptors (Lipinski definition) is 17. The van der Waals surface area contributed by atoms with Crippen molar-refractivity contribution < 1.29 is 168 Å². The number of carboxylic acids is 2. The van der Waals surface area contributed by atoms with E-state index in [2.05, 4.69) is 35.1 Å². The molecule has 379 valence electrons. The van der Waals surface area contributed by atoms with Gasteiger partial charge >= 0.3 is 95.0 Å². The van der Waals surface area contributed by atoms with Crippen molar-refractivity contribution in [1.29, 1.82) is 0 Å². The number of nitrogens with one attached hydrogen (secondary N) is 2. The quantitative estimate of drug-likeness (QED) is 0.0140. The molecule has 0 saturated heterocycles. The van der Waals surface area contributed by atoms with Gasteiger partial charge in [0.05, 0.1) is 4.52 Å². The van der Waals surface area contributed by atoms with E-state index in [4.69, 9.17) is 69.0 Å². The van der Waals surface area contributed by atoms with E-state index in [0.717, 1.165) is 12.7 Å². The summed E-state index contributed by atoms with van der Waals surface area (Å²) in [5.74, 6) is -2.18. The summed E-state index contributed by atoms with van der Waals surface area (Å²) in [5, 5.41) is 41.2. The number of aliphatic carboxylic acids is 2. The Labute approximate surface area is 426 Å². The van der Waals surface area contributed by atoms with E-state index >= 15 is 0 Å². The second-order valence-corrected chi connectivity index (χ2v) is 14.3. The van der Waals surface area contributed by atoms with Crippen molar-refractivity contribution in [2.75, 3.05) is 13.1 Å². The second-order valence-electron chi connectivity index (χ2n) is 12.0. The van der Waals surface area contributed by atoms with Gasteiger partial charge in [-0.15, -0.1) is 12.4 Å². The molecule has 0 bridgehead atoms. The van der Waals surface area contributed by atoms with Crippen LogP contribution in [0.4, 0.5) is 14.4 Å². The first-order valence-electron chi connectivity index (χ1n) is 15.4. The van der Waals surface area contributed by atoms with E-state index in [1.165, 1.54) is 12.4 Å². The topological polar surface area (TPSA) is 625 Å². The Morgan fingerprint density at radius 2 is 1.14 bits per heavy atom. The fourth-order valence-electron chi connectivity index (χ4n) is 2.95. The first-order valence-corrected chi connectivity index (χ1v) is 18.2. The number of rotatable bonds is 15. The monoisotopic (exact) mass is 1250 g/mol. The number of azide groups is 2. The molecule has 0 aliphatic heterocycles.